The molecule has 1 amide bonds. The van der Waals surface area contributed by atoms with Gasteiger partial charge in [0.2, 0.25) is 0 Å². The molecular formula is C23H32N4O2. The summed E-state index contributed by atoms with van der Waals surface area (Å²) in [6.45, 7) is 9.46. The Balaban J connectivity index is 1.64. The van der Waals surface area contributed by atoms with Gasteiger partial charge in [-0.15, -0.1) is 0 Å². The SMILES string of the molecule is CCCN(CCC)C(=O)c1cc(N2CCN(c3ccc(OC)cc3)CC2)ccn1. The smallest absolute Gasteiger partial charge is 0.272 e. The molecular weight excluding hydrogens is 364 g/mol. The molecule has 29 heavy (non-hydrogen) atoms. The lowest BCUT2D eigenvalue weighted by Gasteiger charge is -2.37. The first-order valence-electron chi connectivity index (χ1n) is 10.6. The number of piperazine rings is 1. The molecule has 1 aliphatic rings. The van der Waals surface area contributed by atoms with Crippen molar-refractivity contribution in [3.05, 3.63) is 48.3 Å². The predicted molar refractivity (Wildman–Crippen MR) is 118 cm³/mol. The van der Waals surface area contributed by atoms with Crippen molar-refractivity contribution >= 4 is 17.3 Å². The van der Waals surface area contributed by atoms with Gasteiger partial charge in [-0.2, -0.15) is 0 Å². The van der Waals surface area contributed by atoms with E-state index in [1.165, 1.54) is 5.69 Å². The number of anilines is 2. The van der Waals surface area contributed by atoms with Gasteiger partial charge in [-0.25, -0.2) is 0 Å². The van der Waals surface area contributed by atoms with E-state index in [-0.39, 0.29) is 5.91 Å². The second-order valence-electron chi connectivity index (χ2n) is 7.36. The van der Waals surface area contributed by atoms with Gasteiger partial charge in [-0.05, 0) is 49.2 Å². The van der Waals surface area contributed by atoms with Crippen LogP contribution in [0.4, 0.5) is 11.4 Å². The number of ether oxygens (including phenoxy) is 1. The average molecular weight is 397 g/mol. The maximum absolute atomic E-state index is 12.9. The largest absolute Gasteiger partial charge is 0.497 e. The lowest BCUT2D eigenvalue weighted by Crippen LogP contribution is -2.46. The average Bonchev–Trinajstić information content (AvgIpc) is 2.79. The zero-order valence-electron chi connectivity index (χ0n) is 17.8. The fourth-order valence-corrected chi connectivity index (χ4v) is 3.77. The molecule has 2 heterocycles. The molecule has 1 aromatic heterocycles. The van der Waals surface area contributed by atoms with Crippen molar-refractivity contribution < 1.29 is 9.53 Å². The molecule has 156 valence electrons. The van der Waals surface area contributed by atoms with Crippen LogP contribution in [0.2, 0.25) is 0 Å². The Labute approximate surface area is 174 Å². The van der Waals surface area contributed by atoms with Crippen LogP contribution in [0.15, 0.2) is 42.6 Å². The van der Waals surface area contributed by atoms with E-state index < -0.39 is 0 Å². The molecule has 0 spiro atoms. The summed E-state index contributed by atoms with van der Waals surface area (Å²) in [5, 5.41) is 0. The first kappa shape index (κ1) is 21.0. The van der Waals surface area contributed by atoms with Crippen LogP contribution in [0.1, 0.15) is 37.2 Å². The third kappa shape index (κ3) is 5.19. The molecule has 3 rings (SSSR count). The molecule has 0 unspecified atom stereocenters. The quantitative estimate of drug-likeness (QED) is 0.681. The van der Waals surface area contributed by atoms with Crippen molar-refractivity contribution in [2.45, 2.75) is 26.7 Å². The van der Waals surface area contributed by atoms with Gasteiger partial charge in [0.1, 0.15) is 11.4 Å². The summed E-state index contributed by atoms with van der Waals surface area (Å²) in [6.07, 6.45) is 3.67. The normalized spacial score (nSPS) is 14.0. The lowest BCUT2D eigenvalue weighted by atomic mass is 10.2. The number of nitrogens with zero attached hydrogens (tertiary/aromatic N) is 4. The number of carbonyl (C=O) groups excluding carboxylic acids is 1. The van der Waals surface area contributed by atoms with Crippen LogP contribution in [-0.4, -0.2) is 62.2 Å². The van der Waals surface area contributed by atoms with Crippen molar-refractivity contribution in [3.63, 3.8) is 0 Å². The molecule has 0 bridgehead atoms. The maximum Gasteiger partial charge on any atom is 0.272 e. The Kier molecular flexibility index (Phi) is 7.33. The molecule has 6 nitrogen and oxygen atoms in total. The Morgan fingerprint density at radius 2 is 1.55 bits per heavy atom. The minimum absolute atomic E-state index is 0.0346. The van der Waals surface area contributed by atoms with E-state index in [4.69, 9.17) is 4.74 Å². The monoisotopic (exact) mass is 396 g/mol. The molecule has 1 saturated heterocycles. The number of carbonyl (C=O) groups is 1. The minimum atomic E-state index is 0.0346. The molecule has 0 atom stereocenters. The van der Waals surface area contributed by atoms with E-state index in [9.17, 15) is 4.79 Å². The third-order valence-corrected chi connectivity index (χ3v) is 5.32. The molecule has 0 aliphatic carbocycles. The van der Waals surface area contributed by atoms with Crippen LogP contribution in [-0.2, 0) is 0 Å². The van der Waals surface area contributed by atoms with Gasteiger partial charge in [0, 0.05) is 56.8 Å². The molecule has 0 saturated carbocycles. The summed E-state index contributed by atoms with van der Waals surface area (Å²) >= 11 is 0. The Morgan fingerprint density at radius 3 is 2.10 bits per heavy atom. The van der Waals surface area contributed by atoms with E-state index in [0.717, 1.165) is 63.5 Å². The first-order chi connectivity index (χ1) is 14.2. The highest BCUT2D eigenvalue weighted by atomic mass is 16.5. The van der Waals surface area contributed by atoms with Crippen molar-refractivity contribution in [1.82, 2.24) is 9.88 Å². The number of methoxy groups -OCH3 is 1. The first-order valence-corrected chi connectivity index (χ1v) is 10.6. The summed E-state index contributed by atoms with van der Waals surface area (Å²) in [6, 6.07) is 12.2. The van der Waals surface area contributed by atoms with Crippen molar-refractivity contribution in [1.29, 1.82) is 0 Å². The van der Waals surface area contributed by atoms with Gasteiger partial charge >= 0.3 is 0 Å². The van der Waals surface area contributed by atoms with E-state index in [2.05, 4.69) is 40.8 Å². The van der Waals surface area contributed by atoms with Gasteiger partial charge in [0.15, 0.2) is 0 Å². The topological polar surface area (TPSA) is 48.9 Å². The Hall–Kier alpha value is -2.76. The van der Waals surface area contributed by atoms with Gasteiger partial charge in [0.25, 0.3) is 5.91 Å². The van der Waals surface area contributed by atoms with Gasteiger partial charge in [-0.3, -0.25) is 9.78 Å². The van der Waals surface area contributed by atoms with Crippen molar-refractivity contribution in [2.75, 3.05) is 56.2 Å². The van der Waals surface area contributed by atoms with Crippen LogP contribution < -0.4 is 14.5 Å². The number of amides is 1. The van der Waals surface area contributed by atoms with Crippen LogP contribution >= 0.6 is 0 Å². The van der Waals surface area contributed by atoms with Crippen LogP contribution in [0, 0.1) is 0 Å². The Morgan fingerprint density at radius 1 is 0.966 bits per heavy atom. The third-order valence-electron chi connectivity index (χ3n) is 5.32. The van der Waals surface area contributed by atoms with E-state index in [0.29, 0.717) is 5.69 Å². The van der Waals surface area contributed by atoms with Crippen LogP contribution in [0.25, 0.3) is 0 Å². The van der Waals surface area contributed by atoms with Gasteiger partial charge in [0.05, 0.1) is 7.11 Å². The highest BCUT2D eigenvalue weighted by molar-refractivity contribution is 5.93. The van der Waals surface area contributed by atoms with E-state index in [1.807, 2.05) is 29.2 Å². The molecule has 0 radical (unpaired) electrons. The fraction of sp³-hybridized carbons (Fsp3) is 0.478. The molecule has 1 aliphatic heterocycles. The summed E-state index contributed by atoms with van der Waals surface area (Å²) < 4.78 is 5.25. The second kappa shape index (κ2) is 10.1. The molecule has 6 heteroatoms. The number of hydrogen-bond donors (Lipinski definition) is 0. The highest BCUT2D eigenvalue weighted by Gasteiger charge is 2.20. The van der Waals surface area contributed by atoms with Crippen molar-refractivity contribution in [3.8, 4) is 5.75 Å². The summed E-state index contributed by atoms with van der Waals surface area (Å²) in [7, 11) is 1.69. The molecule has 1 fully saturated rings. The molecule has 2 aromatic rings. The fourth-order valence-electron chi connectivity index (χ4n) is 3.77. The van der Waals surface area contributed by atoms with Crippen molar-refractivity contribution in [2.24, 2.45) is 0 Å². The molecule has 1 aromatic carbocycles. The number of aromatic nitrogens is 1. The standard InChI is InChI=1S/C23H32N4O2/c1-4-12-27(13-5-2)23(28)22-18-20(10-11-24-22)26-16-14-25(15-17-26)19-6-8-21(29-3)9-7-19/h6-11,18H,4-5,12-17H2,1-3H3. The van der Waals surface area contributed by atoms with E-state index >= 15 is 0 Å². The summed E-state index contributed by atoms with van der Waals surface area (Å²) in [5.41, 5.74) is 2.83. The summed E-state index contributed by atoms with van der Waals surface area (Å²) in [4.78, 5) is 23.9. The molecule has 0 N–H and O–H groups in total. The zero-order chi connectivity index (χ0) is 20.6. The summed E-state index contributed by atoms with van der Waals surface area (Å²) in [5.74, 6) is 0.911. The second-order valence-corrected chi connectivity index (χ2v) is 7.36. The number of hydrogen-bond acceptors (Lipinski definition) is 5. The van der Waals surface area contributed by atoms with Gasteiger partial charge < -0.3 is 19.4 Å². The number of benzene rings is 1. The highest BCUT2D eigenvalue weighted by Crippen LogP contribution is 2.23. The number of pyridine rings is 1. The van der Waals surface area contributed by atoms with Crippen LogP contribution in [0.5, 0.6) is 5.75 Å². The Bertz CT molecular complexity index is 780. The van der Waals surface area contributed by atoms with Gasteiger partial charge in [-0.1, -0.05) is 13.8 Å². The number of rotatable bonds is 8. The zero-order valence-corrected chi connectivity index (χ0v) is 17.8. The maximum atomic E-state index is 12.9. The predicted octanol–water partition coefficient (Wildman–Crippen LogP) is 3.68. The van der Waals surface area contributed by atoms with Crippen LogP contribution in [0.3, 0.4) is 0 Å². The lowest BCUT2D eigenvalue weighted by molar-refractivity contribution is 0.0749. The van der Waals surface area contributed by atoms with E-state index in [1.54, 1.807) is 13.3 Å². The minimum Gasteiger partial charge on any atom is -0.497 e.